The molecule has 21 heavy (non-hydrogen) atoms. The zero-order valence-electron chi connectivity index (χ0n) is 12.0. The first-order valence-electron chi connectivity index (χ1n) is 7.59. The van der Waals surface area contributed by atoms with Gasteiger partial charge >= 0.3 is 0 Å². The maximum absolute atomic E-state index is 9.24. The van der Waals surface area contributed by atoms with Gasteiger partial charge in [0.25, 0.3) is 0 Å². The Balaban J connectivity index is 1.54. The summed E-state index contributed by atoms with van der Waals surface area (Å²) in [6, 6.07) is 14.9. The van der Waals surface area contributed by atoms with Gasteiger partial charge in [0.2, 0.25) is 0 Å². The number of hydrogen-bond donors (Lipinski definition) is 0. The van der Waals surface area contributed by atoms with Crippen molar-refractivity contribution in [2.45, 2.75) is 25.8 Å². The molecule has 0 saturated heterocycles. The molecule has 0 bridgehead atoms. The molecule has 1 aliphatic carbocycles. The van der Waals surface area contributed by atoms with Gasteiger partial charge in [-0.1, -0.05) is 30.3 Å². The summed E-state index contributed by atoms with van der Waals surface area (Å²) in [6.45, 7) is 2.76. The van der Waals surface area contributed by atoms with Crippen molar-refractivity contribution in [1.29, 1.82) is 5.26 Å². The fourth-order valence-electron chi connectivity index (χ4n) is 3.14. The number of benzene rings is 1. The van der Waals surface area contributed by atoms with E-state index in [1.54, 1.807) is 0 Å². The molecule has 2 aliphatic rings. The van der Waals surface area contributed by atoms with E-state index in [-0.39, 0.29) is 5.41 Å². The van der Waals surface area contributed by atoms with Crippen molar-refractivity contribution < 1.29 is 4.42 Å². The molecule has 2 aromatic rings. The Morgan fingerprint density at radius 1 is 1.24 bits per heavy atom. The minimum atomic E-state index is -0.0631. The summed E-state index contributed by atoms with van der Waals surface area (Å²) < 4.78 is 6.07. The van der Waals surface area contributed by atoms with E-state index >= 15 is 0 Å². The number of fused-ring (bicyclic) bond motifs is 1. The Bertz CT molecular complexity index is 692. The Morgan fingerprint density at radius 2 is 2.05 bits per heavy atom. The predicted octanol–water partition coefficient (Wildman–Crippen LogP) is 3.61. The van der Waals surface area contributed by atoms with Crippen molar-refractivity contribution >= 4 is 0 Å². The normalized spacial score (nSPS) is 19.8. The number of nitrogens with zero attached hydrogens (tertiary/aromatic N) is 2. The van der Waals surface area contributed by atoms with E-state index in [0.717, 1.165) is 56.0 Å². The molecule has 0 amide bonds. The second-order valence-corrected chi connectivity index (χ2v) is 6.28. The molecule has 0 radical (unpaired) electrons. The van der Waals surface area contributed by atoms with Crippen molar-refractivity contribution in [3.8, 4) is 17.4 Å². The van der Waals surface area contributed by atoms with Crippen LogP contribution in [-0.4, -0.2) is 18.0 Å². The second-order valence-electron chi connectivity index (χ2n) is 6.28. The van der Waals surface area contributed by atoms with Crippen LogP contribution in [0.1, 0.15) is 24.2 Å². The Labute approximate surface area is 124 Å². The molecule has 2 heterocycles. The molecule has 1 aromatic carbocycles. The lowest BCUT2D eigenvalue weighted by molar-refractivity contribution is 0.205. The van der Waals surface area contributed by atoms with Crippen molar-refractivity contribution in [3.63, 3.8) is 0 Å². The standard InChI is InChI=1S/C18H18N2O/c19-12-18(7-8-18)13-20-9-6-15-10-16(21-17(15)11-20)14-4-2-1-3-5-14/h1-5,10H,6-9,11,13H2. The van der Waals surface area contributed by atoms with Gasteiger partial charge in [-0.3, -0.25) is 4.90 Å². The third-order valence-electron chi connectivity index (χ3n) is 4.64. The predicted molar refractivity (Wildman–Crippen MR) is 80.4 cm³/mol. The van der Waals surface area contributed by atoms with Crippen LogP contribution >= 0.6 is 0 Å². The van der Waals surface area contributed by atoms with Gasteiger partial charge in [0.1, 0.15) is 11.5 Å². The van der Waals surface area contributed by atoms with Crippen molar-refractivity contribution in [1.82, 2.24) is 4.90 Å². The summed E-state index contributed by atoms with van der Waals surface area (Å²) in [6.07, 6.45) is 3.13. The monoisotopic (exact) mass is 278 g/mol. The van der Waals surface area contributed by atoms with Crippen LogP contribution in [0.4, 0.5) is 0 Å². The highest BCUT2D eigenvalue weighted by atomic mass is 16.3. The molecule has 3 nitrogen and oxygen atoms in total. The van der Waals surface area contributed by atoms with Crippen LogP contribution in [0.25, 0.3) is 11.3 Å². The van der Waals surface area contributed by atoms with Crippen molar-refractivity contribution in [2.24, 2.45) is 5.41 Å². The molecule has 0 atom stereocenters. The third kappa shape index (κ3) is 2.36. The summed E-state index contributed by atoms with van der Waals surface area (Å²) in [5, 5.41) is 9.24. The fraction of sp³-hybridized carbons (Fsp3) is 0.389. The van der Waals surface area contributed by atoms with Gasteiger partial charge in [0.15, 0.2) is 0 Å². The summed E-state index contributed by atoms with van der Waals surface area (Å²) in [7, 11) is 0. The zero-order valence-corrected chi connectivity index (χ0v) is 12.0. The van der Waals surface area contributed by atoms with E-state index in [0.29, 0.717) is 0 Å². The van der Waals surface area contributed by atoms with E-state index < -0.39 is 0 Å². The van der Waals surface area contributed by atoms with Gasteiger partial charge in [-0.25, -0.2) is 0 Å². The second kappa shape index (κ2) is 4.75. The van der Waals surface area contributed by atoms with Crippen LogP contribution in [0, 0.1) is 16.7 Å². The molecule has 1 saturated carbocycles. The minimum absolute atomic E-state index is 0.0631. The Hall–Kier alpha value is -2.05. The lowest BCUT2D eigenvalue weighted by Gasteiger charge is -2.27. The number of furan rings is 1. The Kier molecular flexibility index (Phi) is 2.87. The molecule has 0 N–H and O–H groups in total. The van der Waals surface area contributed by atoms with E-state index in [2.05, 4.69) is 29.2 Å². The molecule has 4 rings (SSSR count). The summed E-state index contributed by atoms with van der Waals surface area (Å²) >= 11 is 0. The number of hydrogen-bond acceptors (Lipinski definition) is 3. The van der Waals surface area contributed by atoms with Gasteiger partial charge in [-0.2, -0.15) is 5.26 Å². The molecule has 1 aromatic heterocycles. The lowest BCUT2D eigenvalue weighted by Crippen LogP contribution is -2.34. The SMILES string of the molecule is N#CC1(CN2CCc3cc(-c4ccccc4)oc3C2)CC1. The van der Waals surface area contributed by atoms with Gasteiger partial charge in [0, 0.05) is 18.7 Å². The maximum Gasteiger partial charge on any atom is 0.134 e. The number of rotatable bonds is 3. The molecule has 106 valence electrons. The van der Waals surface area contributed by atoms with E-state index in [1.807, 2.05) is 18.2 Å². The van der Waals surface area contributed by atoms with E-state index in [4.69, 9.17) is 4.42 Å². The highest BCUT2D eigenvalue weighted by molar-refractivity contribution is 5.58. The summed E-state index contributed by atoms with van der Waals surface area (Å²) in [5.74, 6) is 2.04. The minimum Gasteiger partial charge on any atom is -0.459 e. The van der Waals surface area contributed by atoms with Crippen molar-refractivity contribution in [3.05, 3.63) is 47.7 Å². The summed E-state index contributed by atoms with van der Waals surface area (Å²) in [4.78, 5) is 2.37. The van der Waals surface area contributed by atoms with E-state index in [9.17, 15) is 5.26 Å². The molecule has 0 unspecified atom stereocenters. The average molecular weight is 278 g/mol. The topological polar surface area (TPSA) is 40.2 Å². The lowest BCUT2D eigenvalue weighted by atomic mass is 10.0. The third-order valence-corrected chi connectivity index (χ3v) is 4.64. The van der Waals surface area contributed by atoms with Crippen LogP contribution in [0.15, 0.2) is 40.8 Å². The zero-order chi connectivity index (χ0) is 14.3. The quantitative estimate of drug-likeness (QED) is 0.861. The molecule has 0 spiro atoms. The first-order valence-corrected chi connectivity index (χ1v) is 7.59. The van der Waals surface area contributed by atoms with Crippen LogP contribution < -0.4 is 0 Å². The van der Waals surface area contributed by atoms with E-state index in [1.165, 1.54) is 5.56 Å². The van der Waals surface area contributed by atoms with Gasteiger partial charge in [-0.05, 0) is 30.9 Å². The van der Waals surface area contributed by atoms with Crippen LogP contribution in [0.3, 0.4) is 0 Å². The van der Waals surface area contributed by atoms with Crippen molar-refractivity contribution in [2.75, 3.05) is 13.1 Å². The van der Waals surface area contributed by atoms with Gasteiger partial charge in [0.05, 0.1) is 18.0 Å². The average Bonchev–Trinajstić information content (AvgIpc) is 3.17. The first kappa shape index (κ1) is 12.7. The van der Waals surface area contributed by atoms with Crippen LogP contribution in [0.2, 0.25) is 0 Å². The molecule has 3 heteroatoms. The van der Waals surface area contributed by atoms with Crippen LogP contribution in [-0.2, 0) is 13.0 Å². The first-order chi connectivity index (χ1) is 10.3. The Morgan fingerprint density at radius 3 is 2.76 bits per heavy atom. The van der Waals surface area contributed by atoms with Gasteiger partial charge < -0.3 is 4.42 Å². The number of nitriles is 1. The van der Waals surface area contributed by atoms with Gasteiger partial charge in [-0.15, -0.1) is 0 Å². The molecular weight excluding hydrogens is 260 g/mol. The maximum atomic E-state index is 9.24. The fourth-order valence-corrected chi connectivity index (χ4v) is 3.14. The highest BCUT2D eigenvalue weighted by Crippen LogP contribution is 2.46. The molecular formula is C18H18N2O. The highest BCUT2D eigenvalue weighted by Gasteiger charge is 2.44. The largest absolute Gasteiger partial charge is 0.459 e. The smallest absolute Gasteiger partial charge is 0.134 e. The van der Waals surface area contributed by atoms with Crippen LogP contribution in [0.5, 0.6) is 0 Å². The molecule has 1 fully saturated rings. The summed E-state index contributed by atoms with van der Waals surface area (Å²) in [5.41, 5.74) is 2.40. The molecule has 1 aliphatic heterocycles.